The lowest BCUT2D eigenvalue weighted by molar-refractivity contribution is -0.167. The topological polar surface area (TPSA) is 78.9 Å². The Bertz CT molecular complexity index is 1140. The first-order valence-electron chi connectivity index (χ1n) is 30.0. The number of carbonyl (C=O) groups is 3. The fraction of sp³-hybridized carbons (Fsp3) is 0.855. The summed E-state index contributed by atoms with van der Waals surface area (Å²) in [6.07, 6.45) is 68.5. The van der Waals surface area contributed by atoms with E-state index in [2.05, 4.69) is 57.2 Å². The van der Waals surface area contributed by atoms with Crippen molar-refractivity contribution in [2.24, 2.45) is 0 Å². The van der Waals surface area contributed by atoms with Crippen LogP contribution in [0.15, 0.2) is 36.5 Å². The van der Waals surface area contributed by atoms with Crippen molar-refractivity contribution in [3.05, 3.63) is 36.5 Å². The highest BCUT2D eigenvalue weighted by Crippen LogP contribution is 2.17. The summed E-state index contributed by atoms with van der Waals surface area (Å²) in [5.41, 5.74) is 0. The lowest BCUT2D eigenvalue weighted by Gasteiger charge is -2.18. The summed E-state index contributed by atoms with van der Waals surface area (Å²) >= 11 is 0. The molecule has 398 valence electrons. The molecule has 0 radical (unpaired) electrons. The van der Waals surface area contributed by atoms with Crippen molar-refractivity contribution in [2.45, 2.75) is 329 Å². The van der Waals surface area contributed by atoms with Gasteiger partial charge in [0.25, 0.3) is 0 Å². The zero-order valence-electron chi connectivity index (χ0n) is 45.6. The maximum atomic E-state index is 12.9. The van der Waals surface area contributed by atoms with Gasteiger partial charge in [-0.05, 0) is 51.4 Å². The van der Waals surface area contributed by atoms with Crippen LogP contribution < -0.4 is 0 Å². The van der Waals surface area contributed by atoms with Gasteiger partial charge in [-0.15, -0.1) is 0 Å². The van der Waals surface area contributed by atoms with Crippen LogP contribution in [0, 0.1) is 0 Å². The fourth-order valence-electron chi connectivity index (χ4n) is 8.93. The van der Waals surface area contributed by atoms with Gasteiger partial charge in [0.15, 0.2) is 6.10 Å². The van der Waals surface area contributed by atoms with Gasteiger partial charge in [0.2, 0.25) is 0 Å². The van der Waals surface area contributed by atoms with E-state index in [1.54, 1.807) is 0 Å². The first-order chi connectivity index (χ1) is 33.5. The molecule has 6 heteroatoms. The molecule has 0 saturated heterocycles. The minimum absolute atomic E-state index is 0.0724. The molecule has 0 aromatic carbocycles. The second kappa shape index (κ2) is 57.2. The minimum Gasteiger partial charge on any atom is -0.462 e. The second-order valence-electron chi connectivity index (χ2n) is 20.2. The Kier molecular flexibility index (Phi) is 55.2. The Morgan fingerprint density at radius 2 is 0.574 bits per heavy atom. The quantitative estimate of drug-likeness (QED) is 0.0262. The van der Waals surface area contributed by atoms with Crippen LogP contribution in [-0.2, 0) is 28.6 Å². The molecule has 0 spiro atoms. The molecule has 0 aromatic heterocycles. The van der Waals surface area contributed by atoms with E-state index in [-0.39, 0.29) is 31.1 Å². The number of esters is 3. The van der Waals surface area contributed by atoms with Crippen molar-refractivity contribution in [3.8, 4) is 0 Å². The van der Waals surface area contributed by atoms with Crippen molar-refractivity contribution in [1.82, 2.24) is 0 Å². The van der Waals surface area contributed by atoms with Crippen molar-refractivity contribution < 1.29 is 28.6 Å². The van der Waals surface area contributed by atoms with Gasteiger partial charge in [-0.3, -0.25) is 14.4 Å². The average molecular weight is 956 g/mol. The Labute approximate surface area is 423 Å². The van der Waals surface area contributed by atoms with Crippen LogP contribution in [0.2, 0.25) is 0 Å². The van der Waals surface area contributed by atoms with Gasteiger partial charge in [0, 0.05) is 19.3 Å². The number of hydrogen-bond donors (Lipinski definition) is 0. The van der Waals surface area contributed by atoms with E-state index >= 15 is 0 Å². The number of carbonyl (C=O) groups excluding carboxylic acids is 3. The number of unbranched alkanes of at least 4 members (excludes halogenated alkanes) is 38. The second-order valence-corrected chi connectivity index (χ2v) is 20.2. The van der Waals surface area contributed by atoms with Gasteiger partial charge < -0.3 is 14.2 Å². The van der Waals surface area contributed by atoms with E-state index in [1.807, 2.05) is 0 Å². The maximum Gasteiger partial charge on any atom is 0.306 e. The van der Waals surface area contributed by atoms with E-state index in [0.717, 1.165) is 96.3 Å². The zero-order valence-corrected chi connectivity index (χ0v) is 45.6. The molecule has 0 aliphatic rings. The molecule has 0 bridgehead atoms. The Balaban J connectivity index is 4.33. The SMILES string of the molecule is CC/C=C/C/C=C/C/C=C/CCCCCCCC(=O)OC[C@H](COC(=O)CCCCCCCCCCCCCCCCCCCC)OC(=O)CCCCCCCCCCCCCCCCCCC. The Hall–Kier alpha value is -2.37. The largest absolute Gasteiger partial charge is 0.462 e. The van der Waals surface area contributed by atoms with E-state index in [1.165, 1.54) is 186 Å². The third-order valence-corrected chi connectivity index (χ3v) is 13.4. The van der Waals surface area contributed by atoms with Crippen molar-refractivity contribution in [3.63, 3.8) is 0 Å². The average Bonchev–Trinajstić information content (AvgIpc) is 3.34. The zero-order chi connectivity index (χ0) is 49.3. The van der Waals surface area contributed by atoms with E-state index < -0.39 is 6.10 Å². The molecular formula is C62H114O6. The highest BCUT2D eigenvalue weighted by Gasteiger charge is 2.19. The van der Waals surface area contributed by atoms with Gasteiger partial charge in [0.1, 0.15) is 13.2 Å². The molecule has 68 heavy (non-hydrogen) atoms. The lowest BCUT2D eigenvalue weighted by atomic mass is 10.0. The first kappa shape index (κ1) is 65.6. The molecule has 0 saturated carbocycles. The summed E-state index contributed by atoms with van der Waals surface area (Å²) in [6, 6.07) is 0. The van der Waals surface area contributed by atoms with Crippen LogP contribution in [0.5, 0.6) is 0 Å². The fourth-order valence-corrected chi connectivity index (χ4v) is 8.93. The summed E-state index contributed by atoms with van der Waals surface area (Å²) in [4.78, 5) is 38.2. The summed E-state index contributed by atoms with van der Waals surface area (Å²) < 4.78 is 16.9. The van der Waals surface area contributed by atoms with Crippen molar-refractivity contribution in [2.75, 3.05) is 13.2 Å². The number of allylic oxidation sites excluding steroid dienone is 6. The van der Waals surface area contributed by atoms with Crippen LogP contribution in [0.25, 0.3) is 0 Å². The lowest BCUT2D eigenvalue weighted by Crippen LogP contribution is -2.30. The third-order valence-electron chi connectivity index (χ3n) is 13.4. The summed E-state index contributed by atoms with van der Waals surface area (Å²) in [5.74, 6) is -0.868. The first-order valence-corrected chi connectivity index (χ1v) is 30.0. The number of hydrogen-bond acceptors (Lipinski definition) is 6. The number of ether oxygens (including phenoxy) is 3. The predicted octanol–water partition coefficient (Wildman–Crippen LogP) is 20.0. The van der Waals surface area contributed by atoms with Gasteiger partial charge in [0.05, 0.1) is 0 Å². The van der Waals surface area contributed by atoms with Gasteiger partial charge in [-0.1, -0.05) is 288 Å². The molecule has 0 aliphatic heterocycles. The van der Waals surface area contributed by atoms with E-state index in [9.17, 15) is 14.4 Å². The summed E-state index contributed by atoms with van der Waals surface area (Å²) in [7, 11) is 0. The highest BCUT2D eigenvalue weighted by molar-refractivity contribution is 5.71. The molecule has 1 atom stereocenters. The summed E-state index contributed by atoms with van der Waals surface area (Å²) in [5, 5.41) is 0. The molecule has 6 nitrogen and oxygen atoms in total. The van der Waals surface area contributed by atoms with Crippen LogP contribution in [-0.4, -0.2) is 37.2 Å². The van der Waals surface area contributed by atoms with E-state index in [0.29, 0.717) is 19.3 Å². The Morgan fingerprint density at radius 3 is 0.897 bits per heavy atom. The monoisotopic (exact) mass is 955 g/mol. The van der Waals surface area contributed by atoms with Crippen molar-refractivity contribution >= 4 is 17.9 Å². The third kappa shape index (κ3) is 54.6. The summed E-state index contributed by atoms with van der Waals surface area (Å²) in [6.45, 7) is 6.57. The Morgan fingerprint density at radius 1 is 0.309 bits per heavy atom. The molecule has 0 aromatic rings. The van der Waals surface area contributed by atoms with Crippen LogP contribution >= 0.6 is 0 Å². The van der Waals surface area contributed by atoms with Crippen molar-refractivity contribution in [1.29, 1.82) is 0 Å². The normalized spacial score (nSPS) is 12.2. The number of rotatable bonds is 55. The van der Waals surface area contributed by atoms with E-state index in [4.69, 9.17) is 14.2 Å². The molecule has 0 N–H and O–H groups in total. The molecule has 0 rings (SSSR count). The molecular weight excluding hydrogens is 841 g/mol. The standard InChI is InChI=1S/C62H114O6/c1-4-7-10-13-16-19-22-25-28-30-32-34-37-40-43-46-49-52-55-61(64)67-58-59(57-66-60(63)54-51-48-45-42-39-36-33-27-24-21-18-15-12-9-6-3)68-62(65)56-53-50-47-44-41-38-35-31-29-26-23-20-17-14-11-8-5-2/h9,12,18,21,27,33,59H,4-8,10-11,13-17,19-20,22-26,28-32,34-58H2,1-3H3/b12-9+,21-18+,33-27+/t59-/m1/s1. The molecule has 0 fully saturated rings. The van der Waals surface area contributed by atoms with Crippen LogP contribution in [0.4, 0.5) is 0 Å². The van der Waals surface area contributed by atoms with Gasteiger partial charge in [-0.2, -0.15) is 0 Å². The predicted molar refractivity (Wildman–Crippen MR) is 293 cm³/mol. The maximum absolute atomic E-state index is 12.9. The highest BCUT2D eigenvalue weighted by atomic mass is 16.6. The van der Waals surface area contributed by atoms with Gasteiger partial charge in [-0.25, -0.2) is 0 Å². The van der Waals surface area contributed by atoms with Crippen LogP contribution in [0.3, 0.4) is 0 Å². The molecule has 0 heterocycles. The van der Waals surface area contributed by atoms with Gasteiger partial charge >= 0.3 is 17.9 Å². The smallest absolute Gasteiger partial charge is 0.306 e. The van der Waals surface area contributed by atoms with Crippen LogP contribution in [0.1, 0.15) is 323 Å². The molecule has 0 aliphatic carbocycles. The molecule has 0 unspecified atom stereocenters. The molecule has 0 amide bonds. The minimum atomic E-state index is -0.775.